The molecule has 1 nitrogen and oxygen atoms in total. The summed E-state index contributed by atoms with van der Waals surface area (Å²) in [6.45, 7) is 6.35. The van der Waals surface area contributed by atoms with Crippen molar-refractivity contribution in [2.24, 2.45) is 0 Å². The molecule has 1 heterocycles. The molecule has 2 unspecified atom stereocenters. The Bertz CT molecular complexity index is 123. The van der Waals surface area contributed by atoms with Crippen LogP contribution in [-0.4, -0.2) is 12.2 Å². The lowest BCUT2D eigenvalue weighted by Crippen LogP contribution is -1.85. The molecule has 52 valence electrons. The van der Waals surface area contributed by atoms with Gasteiger partial charge in [-0.1, -0.05) is 11.6 Å². The van der Waals surface area contributed by atoms with Crippen molar-refractivity contribution < 1.29 is 4.74 Å². The van der Waals surface area contributed by atoms with Crippen molar-refractivity contribution >= 4 is 0 Å². The zero-order chi connectivity index (χ0) is 6.85. The molecule has 1 heteroatoms. The topological polar surface area (TPSA) is 12.5 Å². The van der Waals surface area contributed by atoms with E-state index >= 15 is 0 Å². The molecule has 0 aromatic carbocycles. The molecule has 0 amide bonds. The molecule has 0 aromatic rings. The Balaban J connectivity index is 2.14. The Morgan fingerprint density at radius 1 is 1.56 bits per heavy atom. The van der Waals surface area contributed by atoms with Crippen LogP contribution in [0.2, 0.25) is 0 Å². The molecule has 0 bridgehead atoms. The molecule has 0 spiro atoms. The maximum absolute atomic E-state index is 5.22. The second-order valence-electron chi connectivity index (χ2n) is 2.90. The third-order valence-corrected chi connectivity index (χ3v) is 1.59. The van der Waals surface area contributed by atoms with Crippen molar-refractivity contribution in [3.05, 3.63) is 11.6 Å². The molecular weight excluding hydrogens is 112 g/mol. The number of hydrogen-bond donors (Lipinski definition) is 0. The Kier molecular flexibility index (Phi) is 1.91. The summed E-state index contributed by atoms with van der Waals surface area (Å²) in [7, 11) is 0. The van der Waals surface area contributed by atoms with E-state index in [9.17, 15) is 0 Å². The van der Waals surface area contributed by atoms with Gasteiger partial charge in [-0.05, 0) is 27.2 Å². The van der Waals surface area contributed by atoms with Crippen LogP contribution in [0.4, 0.5) is 0 Å². The van der Waals surface area contributed by atoms with Crippen LogP contribution in [0.5, 0.6) is 0 Å². The number of epoxide rings is 1. The summed E-state index contributed by atoms with van der Waals surface area (Å²) in [6, 6.07) is 0. The predicted molar refractivity (Wildman–Crippen MR) is 38.4 cm³/mol. The molecule has 1 saturated heterocycles. The van der Waals surface area contributed by atoms with E-state index in [-0.39, 0.29) is 0 Å². The predicted octanol–water partition coefficient (Wildman–Crippen LogP) is 2.13. The monoisotopic (exact) mass is 126 g/mol. The zero-order valence-corrected chi connectivity index (χ0v) is 6.35. The first-order chi connectivity index (χ1) is 4.20. The number of hydrogen-bond acceptors (Lipinski definition) is 1. The van der Waals surface area contributed by atoms with E-state index in [4.69, 9.17) is 4.74 Å². The van der Waals surface area contributed by atoms with Gasteiger partial charge in [0, 0.05) is 0 Å². The van der Waals surface area contributed by atoms with Gasteiger partial charge in [0.1, 0.15) is 0 Å². The van der Waals surface area contributed by atoms with Crippen LogP contribution in [0.3, 0.4) is 0 Å². The van der Waals surface area contributed by atoms with Crippen LogP contribution in [0.25, 0.3) is 0 Å². The molecule has 1 rings (SSSR count). The van der Waals surface area contributed by atoms with Crippen molar-refractivity contribution in [2.75, 3.05) is 0 Å². The minimum Gasteiger partial charge on any atom is -0.370 e. The zero-order valence-electron chi connectivity index (χ0n) is 6.35. The Hall–Kier alpha value is -0.300. The van der Waals surface area contributed by atoms with Crippen molar-refractivity contribution in [2.45, 2.75) is 39.4 Å². The lowest BCUT2D eigenvalue weighted by atomic mass is 10.2. The van der Waals surface area contributed by atoms with E-state index in [0.29, 0.717) is 12.2 Å². The first-order valence-electron chi connectivity index (χ1n) is 3.49. The summed E-state index contributed by atoms with van der Waals surface area (Å²) in [5.74, 6) is 0. The van der Waals surface area contributed by atoms with Gasteiger partial charge in [0.25, 0.3) is 0 Å². The van der Waals surface area contributed by atoms with Crippen molar-refractivity contribution in [1.82, 2.24) is 0 Å². The Labute approximate surface area is 56.7 Å². The molecule has 1 aliphatic rings. The van der Waals surface area contributed by atoms with Gasteiger partial charge in [0.15, 0.2) is 0 Å². The molecular formula is C8H14O. The lowest BCUT2D eigenvalue weighted by molar-refractivity contribution is 0.379. The van der Waals surface area contributed by atoms with Crippen LogP contribution in [0, 0.1) is 0 Å². The summed E-state index contributed by atoms with van der Waals surface area (Å²) in [5.41, 5.74) is 1.39. The molecule has 0 aromatic heterocycles. The molecule has 1 aliphatic heterocycles. The first-order valence-corrected chi connectivity index (χ1v) is 3.49. The molecule has 0 N–H and O–H groups in total. The number of rotatable bonds is 2. The smallest absolute Gasteiger partial charge is 0.0873 e. The minimum atomic E-state index is 0.514. The van der Waals surface area contributed by atoms with E-state index in [1.807, 2.05) is 0 Å². The van der Waals surface area contributed by atoms with Crippen LogP contribution in [0.1, 0.15) is 27.2 Å². The molecule has 9 heavy (non-hydrogen) atoms. The van der Waals surface area contributed by atoms with Crippen LogP contribution >= 0.6 is 0 Å². The fraction of sp³-hybridized carbons (Fsp3) is 0.750. The Morgan fingerprint density at radius 3 is 2.44 bits per heavy atom. The first kappa shape index (κ1) is 6.81. The highest BCUT2D eigenvalue weighted by Crippen LogP contribution is 2.24. The van der Waals surface area contributed by atoms with E-state index < -0.39 is 0 Å². The fourth-order valence-corrected chi connectivity index (χ4v) is 0.829. The van der Waals surface area contributed by atoms with Crippen LogP contribution < -0.4 is 0 Å². The minimum absolute atomic E-state index is 0.514. The standard InChI is InChI=1S/C8H14O/c1-6(2)4-5-8-7(3)9-8/h4,7-8H,5H2,1-3H3. The normalized spacial score (nSPS) is 31.9. The van der Waals surface area contributed by atoms with Gasteiger partial charge in [-0.25, -0.2) is 0 Å². The maximum atomic E-state index is 5.22. The van der Waals surface area contributed by atoms with Gasteiger partial charge >= 0.3 is 0 Å². The number of ether oxygens (including phenoxy) is 1. The van der Waals surface area contributed by atoms with Gasteiger partial charge in [0.05, 0.1) is 12.2 Å². The van der Waals surface area contributed by atoms with E-state index in [2.05, 4.69) is 26.8 Å². The molecule has 0 saturated carbocycles. The number of allylic oxidation sites excluding steroid dienone is 1. The van der Waals surface area contributed by atoms with Crippen LogP contribution in [0.15, 0.2) is 11.6 Å². The highest BCUT2D eigenvalue weighted by Gasteiger charge is 2.32. The highest BCUT2D eigenvalue weighted by atomic mass is 16.6. The van der Waals surface area contributed by atoms with Crippen molar-refractivity contribution in [1.29, 1.82) is 0 Å². The molecule has 0 aliphatic carbocycles. The second kappa shape index (κ2) is 2.53. The SMILES string of the molecule is CC(C)=CCC1OC1C. The summed E-state index contributed by atoms with van der Waals surface area (Å²) >= 11 is 0. The van der Waals surface area contributed by atoms with Crippen molar-refractivity contribution in [3.63, 3.8) is 0 Å². The van der Waals surface area contributed by atoms with Gasteiger partial charge in [-0.2, -0.15) is 0 Å². The summed E-state index contributed by atoms with van der Waals surface area (Å²) in [5, 5.41) is 0. The van der Waals surface area contributed by atoms with Crippen molar-refractivity contribution in [3.8, 4) is 0 Å². The van der Waals surface area contributed by atoms with E-state index in [1.165, 1.54) is 5.57 Å². The summed E-state index contributed by atoms with van der Waals surface area (Å²) in [6.07, 6.45) is 4.37. The maximum Gasteiger partial charge on any atom is 0.0873 e. The quantitative estimate of drug-likeness (QED) is 0.408. The van der Waals surface area contributed by atoms with Gasteiger partial charge in [-0.15, -0.1) is 0 Å². The van der Waals surface area contributed by atoms with Gasteiger partial charge in [0.2, 0.25) is 0 Å². The largest absolute Gasteiger partial charge is 0.370 e. The summed E-state index contributed by atoms with van der Waals surface area (Å²) < 4.78 is 5.22. The molecule has 0 radical (unpaired) electrons. The van der Waals surface area contributed by atoms with E-state index in [1.54, 1.807) is 0 Å². The summed E-state index contributed by atoms with van der Waals surface area (Å²) in [4.78, 5) is 0. The third-order valence-electron chi connectivity index (χ3n) is 1.59. The van der Waals surface area contributed by atoms with Crippen LogP contribution in [-0.2, 0) is 4.74 Å². The Morgan fingerprint density at radius 2 is 2.11 bits per heavy atom. The third kappa shape index (κ3) is 2.19. The van der Waals surface area contributed by atoms with Gasteiger partial charge in [-0.3, -0.25) is 0 Å². The molecule has 1 fully saturated rings. The fourth-order valence-electron chi connectivity index (χ4n) is 0.829. The van der Waals surface area contributed by atoms with E-state index in [0.717, 1.165) is 6.42 Å². The van der Waals surface area contributed by atoms with Gasteiger partial charge < -0.3 is 4.74 Å². The molecule has 2 atom stereocenters. The average molecular weight is 126 g/mol. The second-order valence-corrected chi connectivity index (χ2v) is 2.90. The highest BCUT2D eigenvalue weighted by molar-refractivity contribution is 4.98. The average Bonchev–Trinajstić information content (AvgIpc) is 2.42. The lowest BCUT2D eigenvalue weighted by Gasteiger charge is -1.86.